The number of hydrogen-bond acceptors (Lipinski definition) is 2. The van der Waals surface area contributed by atoms with E-state index in [4.69, 9.17) is 5.73 Å². The molecular formula is C17H28N2. The summed E-state index contributed by atoms with van der Waals surface area (Å²) in [5.74, 6) is 0.854. The molecule has 0 aromatic heterocycles. The van der Waals surface area contributed by atoms with Crippen molar-refractivity contribution in [2.24, 2.45) is 11.7 Å². The van der Waals surface area contributed by atoms with Crippen LogP contribution < -0.4 is 5.73 Å². The highest BCUT2D eigenvalue weighted by Crippen LogP contribution is 2.28. The van der Waals surface area contributed by atoms with Crippen molar-refractivity contribution >= 4 is 0 Å². The number of nitrogens with zero attached hydrogens (tertiary/aromatic N) is 1. The number of hydrogen-bond donors (Lipinski definition) is 1. The van der Waals surface area contributed by atoms with Crippen LogP contribution in [0.4, 0.5) is 0 Å². The summed E-state index contributed by atoms with van der Waals surface area (Å²) in [4.78, 5) is 2.63. The minimum Gasteiger partial charge on any atom is -0.330 e. The van der Waals surface area contributed by atoms with E-state index in [9.17, 15) is 0 Å². The summed E-state index contributed by atoms with van der Waals surface area (Å²) >= 11 is 0. The lowest BCUT2D eigenvalue weighted by atomic mass is 9.91. The predicted molar refractivity (Wildman–Crippen MR) is 82.3 cm³/mol. The zero-order valence-electron chi connectivity index (χ0n) is 12.7. The second-order valence-electron chi connectivity index (χ2n) is 6.15. The van der Waals surface area contributed by atoms with E-state index in [1.165, 1.54) is 49.0 Å². The Balaban J connectivity index is 1.98. The van der Waals surface area contributed by atoms with Crippen LogP contribution in [0.25, 0.3) is 0 Å². The maximum Gasteiger partial charge on any atom is 0.0320 e. The van der Waals surface area contributed by atoms with Gasteiger partial charge in [-0.3, -0.25) is 4.90 Å². The van der Waals surface area contributed by atoms with Crippen LogP contribution in [0, 0.1) is 19.8 Å². The van der Waals surface area contributed by atoms with Gasteiger partial charge in [-0.2, -0.15) is 0 Å². The average Bonchev–Trinajstić information content (AvgIpc) is 2.38. The number of rotatable bonds is 4. The summed E-state index contributed by atoms with van der Waals surface area (Å²) in [5, 5.41) is 0. The Morgan fingerprint density at radius 3 is 2.26 bits per heavy atom. The van der Waals surface area contributed by atoms with Gasteiger partial charge in [-0.25, -0.2) is 0 Å². The smallest absolute Gasteiger partial charge is 0.0320 e. The monoisotopic (exact) mass is 260 g/mol. The molecule has 1 heterocycles. The van der Waals surface area contributed by atoms with Crippen LogP contribution in [0.5, 0.6) is 0 Å². The first-order valence-corrected chi connectivity index (χ1v) is 7.62. The lowest BCUT2D eigenvalue weighted by Crippen LogP contribution is -2.36. The molecule has 0 spiro atoms. The van der Waals surface area contributed by atoms with Crippen LogP contribution in [-0.4, -0.2) is 24.5 Å². The largest absolute Gasteiger partial charge is 0.330 e. The highest BCUT2D eigenvalue weighted by atomic mass is 15.2. The zero-order chi connectivity index (χ0) is 13.8. The van der Waals surface area contributed by atoms with Gasteiger partial charge in [0.25, 0.3) is 0 Å². The second-order valence-corrected chi connectivity index (χ2v) is 6.15. The van der Waals surface area contributed by atoms with E-state index in [1.54, 1.807) is 0 Å². The van der Waals surface area contributed by atoms with Gasteiger partial charge in [-0.1, -0.05) is 29.3 Å². The maximum absolute atomic E-state index is 5.66. The number of likely N-dealkylation sites (tertiary alicyclic amines) is 1. The molecule has 0 aliphatic carbocycles. The number of piperidine rings is 1. The van der Waals surface area contributed by atoms with Gasteiger partial charge in [0, 0.05) is 6.04 Å². The van der Waals surface area contributed by atoms with Crippen LogP contribution in [0.15, 0.2) is 18.2 Å². The van der Waals surface area contributed by atoms with Crippen LogP contribution in [0.1, 0.15) is 48.9 Å². The van der Waals surface area contributed by atoms with E-state index >= 15 is 0 Å². The molecule has 1 unspecified atom stereocenters. The van der Waals surface area contributed by atoms with Crippen molar-refractivity contribution in [1.82, 2.24) is 4.90 Å². The minimum atomic E-state index is 0.539. The van der Waals surface area contributed by atoms with Gasteiger partial charge < -0.3 is 5.73 Å². The van der Waals surface area contributed by atoms with Crippen molar-refractivity contribution in [2.75, 3.05) is 19.6 Å². The third kappa shape index (κ3) is 3.80. The Bertz CT molecular complexity index is 385. The normalized spacial score (nSPS) is 19.6. The summed E-state index contributed by atoms with van der Waals surface area (Å²) in [6.45, 7) is 10.0. The third-order valence-electron chi connectivity index (χ3n) is 4.50. The quantitative estimate of drug-likeness (QED) is 0.898. The van der Waals surface area contributed by atoms with E-state index in [1.807, 2.05) is 0 Å². The van der Waals surface area contributed by atoms with Crippen molar-refractivity contribution in [3.8, 4) is 0 Å². The van der Waals surface area contributed by atoms with Crippen molar-refractivity contribution in [3.63, 3.8) is 0 Å². The molecule has 1 aromatic rings. The summed E-state index contributed by atoms with van der Waals surface area (Å²) in [6.07, 6.45) is 3.82. The van der Waals surface area contributed by atoms with Gasteiger partial charge in [0.15, 0.2) is 0 Å². The third-order valence-corrected chi connectivity index (χ3v) is 4.50. The van der Waals surface area contributed by atoms with Gasteiger partial charge in [0.05, 0.1) is 0 Å². The van der Waals surface area contributed by atoms with Crippen LogP contribution in [0.3, 0.4) is 0 Å². The highest BCUT2D eigenvalue weighted by molar-refractivity contribution is 5.30. The Hall–Kier alpha value is -0.860. The molecule has 1 aliphatic rings. The van der Waals surface area contributed by atoms with Gasteiger partial charge in [0.1, 0.15) is 0 Å². The first-order chi connectivity index (χ1) is 9.10. The molecule has 2 rings (SSSR count). The Morgan fingerprint density at radius 2 is 1.74 bits per heavy atom. The topological polar surface area (TPSA) is 29.3 Å². The van der Waals surface area contributed by atoms with Gasteiger partial charge in [0.2, 0.25) is 0 Å². The Labute approximate surface area is 118 Å². The Kier molecular flexibility index (Phi) is 5.00. The SMILES string of the molecule is Cc1cc(C)cc(C(C)N2CCC(CCN)CC2)c1. The fraction of sp³-hybridized carbons (Fsp3) is 0.647. The fourth-order valence-electron chi connectivity index (χ4n) is 3.33. The molecule has 1 aromatic carbocycles. The molecule has 1 saturated heterocycles. The molecule has 2 heteroatoms. The standard InChI is InChI=1S/C17H28N2/c1-13-10-14(2)12-17(11-13)15(3)19-8-5-16(4-7-18)6-9-19/h10-12,15-16H,4-9,18H2,1-3H3. The zero-order valence-corrected chi connectivity index (χ0v) is 12.7. The molecule has 0 radical (unpaired) electrons. The van der Waals surface area contributed by atoms with Gasteiger partial charge in [-0.15, -0.1) is 0 Å². The summed E-state index contributed by atoms with van der Waals surface area (Å²) in [6, 6.07) is 7.47. The summed E-state index contributed by atoms with van der Waals surface area (Å²) < 4.78 is 0. The molecule has 106 valence electrons. The predicted octanol–water partition coefficient (Wildman–Crippen LogP) is 3.43. The molecule has 0 bridgehead atoms. The fourth-order valence-corrected chi connectivity index (χ4v) is 3.33. The number of nitrogens with two attached hydrogens (primary N) is 1. The minimum absolute atomic E-state index is 0.539. The molecule has 0 amide bonds. The number of benzene rings is 1. The lowest BCUT2D eigenvalue weighted by molar-refractivity contribution is 0.138. The van der Waals surface area contributed by atoms with Crippen LogP contribution in [0.2, 0.25) is 0 Å². The Morgan fingerprint density at radius 1 is 1.16 bits per heavy atom. The maximum atomic E-state index is 5.66. The van der Waals surface area contributed by atoms with Gasteiger partial charge in [-0.05, 0) is 71.1 Å². The van der Waals surface area contributed by atoms with E-state index in [0.717, 1.165) is 12.5 Å². The molecule has 2 N–H and O–H groups in total. The van der Waals surface area contributed by atoms with Crippen LogP contribution in [-0.2, 0) is 0 Å². The van der Waals surface area contributed by atoms with Crippen molar-refractivity contribution < 1.29 is 0 Å². The molecular weight excluding hydrogens is 232 g/mol. The van der Waals surface area contributed by atoms with Crippen molar-refractivity contribution in [1.29, 1.82) is 0 Å². The molecule has 19 heavy (non-hydrogen) atoms. The summed E-state index contributed by atoms with van der Waals surface area (Å²) in [7, 11) is 0. The number of aryl methyl sites for hydroxylation is 2. The van der Waals surface area contributed by atoms with Crippen molar-refractivity contribution in [2.45, 2.75) is 46.1 Å². The average molecular weight is 260 g/mol. The first-order valence-electron chi connectivity index (χ1n) is 7.62. The highest BCUT2D eigenvalue weighted by Gasteiger charge is 2.23. The first kappa shape index (κ1) is 14.5. The van der Waals surface area contributed by atoms with E-state index in [-0.39, 0.29) is 0 Å². The summed E-state index contributed by atoms with van der Waals surface area (Å²) in [5.41, 5.74) is 9.88. The lowest BCUT2D eigenvalue weighted by Gasteiger charge is -2.36. The molecule has 0 saturated carbocycles. The van der Waals surface area contributed by atoms with Gasteiger partial charge >= 0.3 is 0 Å². The molecule has 1 aliphatic heterocycles. The van der Waals surface area contributed by atoms with E-state index in [0.29, 0.717) is 6.04 Å². The van der Waals surface area contributed by atoms with Crippen molar-refractivity contribution in [3.05, 3.63) is 34.9 Å². The van der Waals surface area contributed by atoms with E-state index in [2.05, 4.69) is 43.9 Å². The molecule has 1 fully saturated rings. The second kappa shape index (κ2) is 6.53. The molecule has 2 nitrogen and oxygen atoms in total. The van der Waals surface area contributed by atoms with Crippen LogP contribution >= 0.6 is 0 Å². The van der Waals surface area contributed by atoms with E-state index < -0.39 is 0 Å². The molecule has 1 atom stereocenters.